The van der Waals surface area contributed by atoms with E-state index in [1.165, 1.54) is 16.4 Å². The lowest BCUT2D eigenvalue weighted by atomic mass is 10.1. The fourth-order valence-corrected chi connectivity index (χ4v) is 5.63. The second-order valence-corrected chi connectivity index (χ2v) is 10.2. The van der Waals surface area contributed by atoms with Gasteiger partial charge in [-0.15, -0.1) is 11.3 Å². The lowest BCUT2D eigenvalue weighted by Crippen LogP contribution is -2.40. The quantitative estimate of drug-likeness (QED) is 0.525. The predicted molar refractivity (Wildman–Crippen MR) is 124 cm³/mol. The van der Waals surface area contributed by atoms with Gasteiger partial charge in [-0.2, -0.15) is 4.31 Å². The number of methoxy groups -OCH3 is 1. The van der Waals surface area contributed by atoms with E-state index in [9.17, 15) is 13.2 Å². The standard InChI is InChI=1S/C23H24N2O5S2/c1-29-20-9-7-19(8-10-20)25(17-21-5-3-15-31-21)23(26)18-4-2-6-22(16-18)32(27,28)24-11-13-30-14-12-24/h2-10,15-16H,11-14,17H2,1H3. The van der Waals surface area contributed by atoms with Crippen molar-refractivity contribution < 1.29 is 22.7 Å². The van der Waals surface area contributed by atoms with E-state index in [-0.39, 0.29) is 10.8 Å². The van der Waals surface area contributed by atoms with Crippen LogP contribution in [-0.2, 0) is 21.3 Å². The summed E-state index contributed by atoms with van der Waals surface area (Å²) in [4.78, 5) is 16.3. The van der Waals surface area contributed by atoms with Crippen LogP contribution in [0.3, 0.4) is 0 Å². The maximum absolute atomic E-state index is 13.6. The molecule has 0 aliphatic carbocycles. The molecular formula is C23H24N2O5S2. The van der Waals surface area contributed by atoms with Gasteiger partial charge in [0.15, 0.2) is 0 Å². The topological polar surface area (TPSA) is 76.2 Å². The Hall–Kier alpha value is -2.72. The Morgan fingerprint density at radius 1 is 1.09 bits per heavy atom. The van der Waals surface area contributed by atoms with Crippen molar-refractivity contribution in [2.75, 3.05) is 38.3 Å². The number of benzene rings is 2. The minimum absolute atomic E-state index is 0.107. The van der Waals surface area contributed by atoms with Gasteiger partial charge in [-0.05, 0) is 53.9 Å². The lowest BCUT2D eigenvalue weighted by molar-refractivity contribution is 0.0730. The number of amides is 1. The summed E-state index contributed by atoms with van der Waals surface area (Å²) in [7, 11) is -2.11. The number of anilines is 1. The first-order valence-electron chi connectivity index (χ1n) is 10.2. The predicted octanol–water partition coefficient (Wildman–Crippen LogP) is 3.62. The van der Waals surface area contributed by atoms with Crippen LogP contribution in [0.5, 0.6) is 5.75 Å². The number of hydrogen-bond acceptors (Lipinski definition) is 6. The molecule has 0 saturated carbocycles. The molecule has 1 fully saturated rings. The summed E-state index contributed by atoms with van der Waals surface area (Å²) >= 11 is 1.56. The molecule has 9 heteroatoms. The van der Waals surface area contributed by atoms with Crippen LogP contribution in [0.15, 0.2) is 70.9 Å². The Morgan fingerprint density at radius 3 is 2.50 bits per heavy atom. The van der Waals surface area contributed by atoms with Crippen molar-refractivity contribution in [3.63, 3.8) is 0 Å². The van der Waals surface area contributed by atoms with Gasteiger partial charge in [-0.1, -0.05) is 12.1 Å². The van der Waals surface area contributed by atoms with Gasteiger partial charge in [0.1, 0.15) is 5.75 Å². The van der Waals surface area contributed by atoms with Crippen LogP contribution in [-0.4, -0.2) is 52.0 Å². The van der Waals surface area contributed by atoms with Crippen LogP contribution in [0.2, 0.25) is 0 Å². The van der Waals surface area contributed by atoms with Crippen LogP contribution in [0.1, 0.15) is 15.2 Å². The van der Waals surface area contributed by atoms with Crippen molar-refractivity contribution >= 4 is 33.0 Å². The smallest absolute Gasteiger partial charge is 0.258 e. The third kappa shape index (κ3) is 4.86. The molecule has 0 radical (unpaired) electrons. The number of carbonyl (C=O) groups is 1. The molecule has 1 aliphatic rings. The molecule has 4 rings (SSSR count). The van der Waals surface area contributed by atoms with Crippen LogP contribution in [0, 0.1) is 0 Å². The second kappa shape index (κ2) is 9.83. The van der Waals surface area contributed by atoms with E-state index < -0.39 is 10.0 Å². The number of thiophene rings is 1. The first kappa shape index (κ1) is 22.5. The van der Waals surface area contributed by atoms with Gasteiger partial charge < -0.3 is 14.4 Å². The average molecular weight is 473 g/mol. The molecular weight excluding hydrogens is 448 g/mol. The van der Waals surface area contributed by atoms with Gasteiger partial charge in [-0.3, -0.25) is 4.79 Å². The van der Waals surface area contributed by atoms with E-state index in [0.29, 0.717) is 49.8 Å². The highest BCUT2D eigenvalue weighted by Crippen LogP contribution is 2.26. The Labute approximate surface area is 191 Å². The molecule has 0 spiro atoms. The van der Waals surface area contributed by atoms with Crippen molar-refractivity contribution in [3.05, 3.63) is 76.5 Å². The second-order valence-electron chi connectivity index (χ2n) is 7.21. The largest absolute Gasteiger partial charge is 0.497 e. The van der Waals surface area contributed by atoms with E-state index in [4.69, 9.17) is 9.47 Å². The zero-order valence-corrected chi connectivity index (χ0v) is 19.3. The van der Waals surface area contributed by atoms with Gasteiger partial charge >= 0.3 is 0 Å². The fraction of sp³-hybridized carbons (Fsp3) is 0.261. The summed E-state index contributed by atoms with van der Waals surface area (Å²) in [6.07, 6.45) is 0. The maximum Gasteiger partial charge on any atom is 0.258 e. The number of sulfonamides is 1. The number of rotatable bonds is 7. The summed E-state index contributed by atoms with van der Waals surface area (Å²) in [6.45, 7) is 1.71. The van der Waals surface area contributed by atoms with Crippen molar-refractivity contribution in [2.45, 2.75) is 11.4 Å². The van der Waals surface area contributed by atoms with E-state index in [1.54, 1.807) is 47.6 Å². The van der Waals surface area contributed by atoms with E-state index in [2.05, 4.69) is 0 Å². The number of nitrogens with zero attached hydrogens (tertiary/aromatic N) is 2. The maximum atomic E-state index is 13.6. The highest BCUT2D eigenvalue weighted by atomic mass is 32.2. The third-order valence-corrected chi connectivity index (χ3v) is 7.97. The molecule has 0 N–H and O–H groups in total. The molecule has 7 nitrogen and oxygen atoms in total. The molecule has 1 aliphatic heterocycles. The molecule has 2 aromatic carbocycles. The summed E-state index contributed by atoms with van der Waals surface area (Å²) < 4.78 is 38.0. The molecule has 32 heavy (non-hydrogen) atoms. The molecule has 0 atom stereocenters. The van der Waals surface area contributed by atoms with Gasteiger partial charge in [0.05, 0.1) is 31.8 Å². The fourth-order valence-electron chi connectivity index (χ4n) is 3.48. The number of carbonyl (C=O) groups excluding carboxylic acids is 1. The monoisotopic (exact) mass is 472 g/mol. The van der Waals surface area contributed by atoms with Gasteiger partial charge in [0, 0.05) is 29.2 Å². The average Bonchev–Trinajstić information content (AvgIpc) is 3.36. The number of morpholine rings is 1. The zero-order valence-electron chi connectivity index (χ0n) is 17.6. The van der Waals surface area contributed by atoms with Crippen molar-refractivity contribution in [2.24, 2.45) is 0 Å². The molecule has 1 aromatic heterocycles. The Balaban J connectivity index is 1.66. The molecule has 1 amide bonds. The Kier molecular flexibility index (Phi) is 6.90. The van der Waals surface area contributed by atoms with Crippen LogP contribution >= 0.6 is 11.3 Å². The van der Waals surface area contributed by atoms with Crippen LogP contribution in [0.4, 0.5) is 5.69 Å². The van der Waals surface area contributed by atoms with Crippen molar-refractivity contribution in [1.82, 2.24) is 4.31 Å². The van der Waals surface area contributed by atoms with Crippen molar-refractivity contribution in [3.8, 4) is 5.75 Å². The Morgan fingerprint density at radius 2 is 1.84 bits per heavy atom. The summed E-state index contributed by atoms with van der Waals surface area (Å²) in [5.74, 6) is 0.415. The molecule has 1 saturated heterocycles. The minimum Gasteiger partial charge on any atom is -0.497 e. The Bertz CT molecular complexity index is 1160. The lowest BCUT2D eigenvalue weighted by Gasteiger charge is -2.26. The molecule has 2 heterocycles. The summed E-state index contributed by atoms with van der Waals surface area (Å²) in [5, 5.41) is 1.96. The number of ether oxygens (including phenoxy) is 2. The molecule has 0 unspecified atom stereocenters. The van der Waals surface area contributed by atoms with Crippen LogP contribution < -0.4 is 9.64 Å². The highest BCUT2D eigenvalue weighted by molar-refractivity contribution is 7.89. The highest BCUT2D eigenvalue weighted by Gasteiger charge is 2.28. The minimum atomic E-state index is -3.70. The molecule has 3 aromatic rings. The van der Waals surface area contributed by atoms with E-state index >= 15 is 0 Å². The summed E-state index contributed by atoms with van der Waals surface area (Å²) in [5.41, 5.74) is 1.01. The van der Waals surface area contributed by atoms with Gasteiger partial charge in [0.25, 0.3) is 5.91 Å². The normalized spacial score (nSPS) is 14.8. The van der Waals surface area contributed by atoms with Gasteiger partial charge in [-0.25, -0.2) is 8.42 Å². The first-order chi connectivity index (χ1) is 15.5. The van der Waals surface area contributed by atoms with Crippen molar-refractivity contribution in [1.29, 1.82) is 0 Å². The van der Waals surface area contributed by atoms with Gasteiger partial charge in [0.2, 0.25) is 10.0 Å². The van der Waals surface area contributed by atoms with Crippen LogP contribution in [0.25, 0.3) is 0 Å². The third-order valence-electron chi connectivity index (χ3n) is 5.21. The first-order valence-corrected chi connectivity index (χ1v) is 12.5. The zero-order chi connectivity index (χ0) is 22.6. The van der Waals surface area contributed by atoms with E-state index in [1.807, 2.05) is 29.6 Å². The number of hydrogen-bond donors (Lipinski definition) is 0. The summed E-state index contributed by atoms with van der Waals surface area (Å²) in [6, 6.07) is 17.4. The van der Waals surface area contributed by atoms with E-state index in [0.717, 1.165) is 4.88 Å². The molecule has 168 valence electrons. The SMILES string of the molecule is COc1ccc(N(Cc2cccs2)C(=O)c2cccc(S(=O)(=O)N3CCOCC3)c2)cc1. The molecule has 0 bridgehead atoms.